The van der Waals surface area contributed by atoms with Gasteiger partial charge in [-0.1, -0.05) is 190 Å². The zero-order valence-corrected chi connectivity index (χ0v) is 41.6. The molecule has 6 heteroatoms. The molecule has 0 saturated carbocycles. The Labute approximate surface area is 386 Å². The molecule has 0 rings (SSSR count). The van der Waals surface area contributed by atoms with Crippen LogP contribution in [-0.4, -0.2) is 96.3 Å². The van der Waals surface area contributed by atoms with Gasteiger partial charge in [0.1, 0.15) is 0 Å². The number of aliphatic hydroxyl groups is 3. The lowest BCUT2D eigenvalue weighted by atomic mass is 10.1. The topological polar surface area (TPSA) is 79.2 Å². The van der Waals surface area contributed by atoms with Gasteiger partial charge in [-0.2, -0.15) is 0 Å². The molecule has 0 amide bonds. The van der Waals surface area contributed by atoms with Crippen LogP contribution >= 0.6 is 0 Å². The molecule has 0 aliphatic carbocycles. The summed E-state index contributed by atoms with van der Waals surface area (Å²) in [5.74, 6) is 0. The Morgan fingerprint density at radius 3 is 1.11 bits per heavy atom. The molecule has 0 aliphatic heterocycles. The molecule has 0 bridgehead atoms. The van der Waals surface area contributed by atoms with Crippen molar-refractivity contribution >= 4 is 0 Å². The summed E-state index contributed by atoms with van der Waals surface area (Å²) in [5.41, 5.74) is 0. The van der Waals surface area contributed by atoms with Gasteiger partial charge in [0.2, 0.25) is 0 Å². The molecule has 0 aromatic rings. The molecule has 4 N–H and O–H groups in total. The molecule has 0 saturated heterocycles. The first-order valence-electron chi connectivity index (χ1n) is 26.5. The van der Waals surface area contributed by atoms with Gasteiger partial charge in [-0.05, 0) is 103 Å². The number of hydrogen-bond acceptors (Lipinski definition) is 6. The third-order valence-corrected chi connectivity index (χ3v) is 11.7. The third-order valence-electron chi connectivity index (χ3n) is 11.7. The Balaban J connectivity index is 4.46. The fourth-order valence-corrected chi connectivity index (χ4v) is 7.64. The largest absolute Gasteiger partial charge is 0.392 e. The average molecular weight is 868 g/mol. The standard InChI is InChI=1S/C56H105N3O3/c1-5-8-11-14-17-20-23-26-29-32-35-38-41-44-54(60)51-57-47-48-58(4)49-50-59(52-55(61)45-42-39-36-33-30-27-24-21-18-15-12-9-6-2)53-56(62)46-43-40-37-34-31-28-25-22-19-16-13-10-7-3/h11-16,20-25,54-57,60-62H,5-10,17-19,26-53H2,1-4H3/b14-11-,15-12-,16-13-,23-20-,24-21-,25-22-. The van der Waals surface area contributed by atoms with Gasteiger partial charge < -0.3 is 25.5 Å². The molecule has 6 nitrogen and oxygen atoms in total. The van der Waals surface area contributed by atoms with E-state index in [1.165, 1.54) is 135 Å². The fraction of sp³-hybridized carbons (Fsp3) is 0.786. The Morgan fingerprint density at radius 1 is 0.387 bits per heavy atom. The van der Waals surface area contributed by atoms with E-state index in [0.29, 0.717) is 19.6 Å². The van der Waals surface area contributed by atoms with Crippen LogP contribution in [0.15, 0.2) is 72.9 Å². The lowest BCUT2D eigenvalue weighted by Gasteiger charge is -2.29. The van der Waals surface area contributed by atoms with E-state index in [-0.39, 0.29) is 18.3 Å². The highest BCUT2D eigenvalue weighted by Gasteiger charge is 2.17. The number of rotatable bonds is 48. The highest BCUT2D eigenvalue weighted by molar-refractivity contribution is 4.94. The van der Waals surface area contributed by atoms with Crippen molar-refractivity contribution in [3.8, 4) is 0 Å². The van der Waals surface area contributed by atoms with Crippen molar-refractivity contribution in [1.82, 2.24) is 15.1 Å². The number of nitrogens with one attached hydrogen (secondary N) is 1. The molecule has 362 valence electrons. The predicted molar refractivity (Wildman–Crippen MR) is 275 cm³/mol. The summed E-state index contributed by atoms with van der Waals surface area (Å²) in [7, 11) is 2.16. The van der Waals surface area contributed by atoms with E-state index in [2.05, 4.69) is 116 Å². The van der Waals surface area contributed by atoms with Crippen molar-refractivity contribution < 1.29 is 15.3 Å². The minimum Gasteiger partial charge on any atom is -0.392 e. The van der Waals surface area contributed by atoms with Crippen LogP contribution in [0.1, 0.15) is 213 Å². The second-order valence-corrected chi connectivity index (χ2v) is 18.2. The van der Waals surface area contributed by atoms with Gasteiger partial charge >= 0.3 is 0 Å². The second kappa shape index (κ2) is 50.2. The second-order valence-electron chi connectivity index (χ2n) is 18.2. The molecule has 62 heavy (non-hydrogen) atoms. The minimum atomic E-state index is -0.356. The zero-order valence-electron chi connectivity index (χ0n) is 41.6. The molecule has 3 unspecified atom stereocenters. The van der Waals surface area contributed by atoms with E-state index in [1.807, 2.05) is 0 Å². The maximum absolute atomic E-state index is 11.1. The lowest BCUT2D eigenvalue weighted by Crippen LogP contribution is -2.43. The van der Waals surface area contributed by atoms with Crippen LogP contribution in [0.4, 0.5) is 0 Å². The van der Waals surface area contributed by atoms with Crippen LogP contribution in [0.5, 0.6) is 0 Å². The first kappa shape index (κ1) is 60.2. The van der Waals surface area contributed by atoms with Gasteiger partial charge in [0.05, 0.1) is 18.3 Å². The van der Waals surface area contributed by atoms with Crippen LogP contribution in [0.3, 0.4) is 0 Å². The molecule has 0 fully saturated rings. The summed E-state index contributed by atoms with van der Waals surface area (Å²) >= 11 is 0. The van der Waals surface area contributed by atoms with Crippen LogP contribution in [0.2, 0.25) is 0 Å². The van der Waals surface area contributed by atoms with Gasteiger partial charge in [-0.3, -0.25) is 4.90 Å². The molecule has 0 aromatic carbocycles. The first-order valence-corrected chi connectivity index (χ1v) is 26.5. The van der Waals surface area contributed by atoms with Gasteiger partial charge in [0.15, 0.2) is 0 Å². The molecular weight excluding hydrogens is 763 g/mol. The number of allylic oxidation sites excluding steroid dienone is 12. The average Bonchev–Trinajstić information content (AvgIpc) is 3.26. The maximum atomic E-state index is 11.1. The number of aliphatic hydroxyl groups excluding tert-OH is 3. The summed E-state index contributed by atoms with van der Waals surface area (Å²) in [4.78, 5) is 4.64. The van der Waals surface area contributed by atoms with Gasteiger partial charge in [0.25, 0.3) is 0 Å². The van der Waals surface area contributed by atoms with Crippen LogP contribution < -0.4 is 5.32 Å². The molecule has 3 atom stereocenters. The van der Waals surface area contributed by atoms with Crippen molar-refractivity contribution in [1.29, 1.82) is 0 Å². The zero-order chi connectivity index (χ0) is 45.2. The van der Waals surface area contributed by atoms with Crippen molar-refractivity contribution in [3.05, 3.63) is 72.9 Å². The van der Waals surface area contributed by atoms with Crippen LogP contribution in [0, 0.1) is 0 Å². The van der Waals surface area contributed by atoms with Crippen molar-refractivity contribution in [2.45, 2.75) is 232 Å². The predicted octanol–water partition coefficient (Wildman–Crippen LogP) is 14.0. The van der Waals surface area contributed by atoms with Gasteiger partial charge in [-0.25, -0.2) is 0 Å². The highest BCUT2D eigenvalue weighted by atomic mass is 16.3. The SMILES string of the molecule is CCC/C=C\C/C=C\CCCCCCCC(O)CNCCN(C)CCN(CC(O)CCCCCCC/C=C\C/C=C\CCC)CC(O)CCCCCCC/C=C\C/C=C\CCC. The van der Waals surface area contributed by atoms with E-state index in [1.54, 1.807) is 0 Å². The molecule has 0 heterocycles. The summed E-state index contributed by atoms with van der Waals surface area (Å²) < 4.78 is 0. The molecule has 0 spiro atoms. The van der Waals surface area contributed by atoms with Gasteiger partial charge in [-0.15, -0.1) is 0 Å². The fourth-order valence-electron chi connectivity index (χ4n) is 7.64. The molecule has 0 aromatic heterocycles. The number of likely N-dealkylation sites (N-methyl/N-ethyl adjacent to an activating group) is 1. The Kier molecular flexibility index (Phi) is 48.7. The van der Waals surface area contributed by atoms with E-state index >= 15 is 0 Å². The Morgan fingerprint density at radius 2 is 0.726 bits per heavy atom. The summed E-state index contributed by atoms with van der Waals surface area (Å²) in [5, 5.41) is 36.1. The number of unbranched alkanes of at least 4 members (excludes halogenated alkanes) is 18. The van der Waals surface area contributed by atoms with Crippen molar-refractivity contribution in [3.63, 3.8) is 0 Å². The van der Waals surface area contributed by atoms with E-state index in [4.69, 9.17) is 0 Å². The van der Waals surface area contributed by atoms with Gasteiger partial charge in [0, 0.05) is 45.8 Å². The number of hydrogen-bond donors (Lipinski definition) is 4. The summed E-state index contributed by atoms with van der Waals surface area (Å²) in [6.45, 7) is 12.0. The minimum absolute atomic E-state index is 0.280. The summed E-state index contributed by atoms with van der Waals surface area (Å²) in [6, 6.07) is 0. The van der Waals surface area contributed by atoms with E-state index < -0.39 is 0 Å². The maximum Gasteiger partial charge on any atom is 0.0667 e. The molecule has 0 radical (unpaired) electrons. The Bertz CT molecular complexity index is 1020. The number of nitrogens with zero attached hydrogens (tertiary/aromatic N) is 2. The molecule has 0 aliphatic rings. The third kappa shape index (κ3) is 47.7. The van der Waals surface area contributed by atoms with E-state index in [0.717, 1.165) is 84.0 Å². The van der Waals surface area contributed by atoms with Crippen molar-refractivity contribution in [2.24, 2.45) is 0 Å². The lowest BCUT2D eigenvalue weighted by molar-refractivity contribution is 0.0563. The first-order chi connectivity index (χ1) is 30.4. The molecular formula is C56H105N3O3. The summed E-state index contributed by atoms with van der Waals surface area (Å²) in [6.07, 6.45) is 61.0. The smallest absolute Gasteiger partial charge is 0.0667 e. The van der Waals surface area contributed by atoms with E-state index in [9.17, 15) is 15.3 Å². The normalized spacial score (nSPS) is 14.3. The quantitative estimate of drug-likeness (QED) is 0.0360. The highest BCUT2D eigenvalue weighted by Crippen LogP contribution is 2.14. The van der Waals surface area contributed by atoms with Crippen LogP contribution in [-0.2, 0) is 0 Å². The van der Waals surface area contributed by atoms with Crippen LogP contribution in [0.25, 0.3) is 0 Å². The monoisotopic (exact) mass is 868 g/mol. The van der Waals surface area contributed by atoms with Crippen molar-refractivity contribution in [2.75, 3.05) is 52.9 Å². The Hall–Kier alpha value is -1.80.